The van der Waals surface area contributed by atoms with Crippen molar-refractivity contribution in [2.24, 2.45) is 0 Å². The van der Waals surface area contributed by atoms with Crippen molar-refractivity contribution in [3.05, 3.63) is 114 Å². The molecule has 182 valence electrons. The quantitative estimate of drug-likeness (QED) is 0.130. The van der Waals surface area contributed by atoms with E-state index in [0.717, 1.165) is 54.7 Å². The number of carbonyl (C=O) groups is 1. The summed E-state index contributed by atoms with van der Waals surface area (Å²) in [4.78, 5) is 15.9. The van der Waals surface area contributed by atoms with Crippen molar-refractivity contribution in [2.75, 3.05) is 6.54 Å². The molecule has 5 heteroatoms. The van der Waals surface area contributed by atoms with Crippen molar-refractivity contribution in [3.8, 4) is 0 Å². The Morgan fingerprint density at radius 3 is 2.69 bits per heavy atom. The van der Waals surface area contributed by atoms with Gasteiger partial charge in [0, 0.05) is 43.4 Å². The van der Waals surface area contributed by atoms with Gasteiger partial charge in [-0.25, -0.2) is 0 Å². The van der Waals surface area contributed by atoms with E-state index in [1.807, 2.05) is 36.4 Å². The zero-order valence-corrected chi connectivity index (χ0v) is 20.5. The van der Waals surface area contributed by atoms with Crippen LogP contribution in [0.5, 0.6) is 0 Å². The van der Waals surface area contributed by atoms with Crippen molar-refractivity contribution < 1.29 is 9.53 Å². The summed E-state index contributed by atoms with van der Waals surface area (Å²) in [5.41, 5.74) is 4.42. The van der Waals surface area contributed by atoms with Crippen LogP contribution in [0.1, 0.15) is 48.1 Å². The Balaban J connectivity index is 1.33. The van der Waals surface area contributed by atoms with E-state index in [9.17, 15) is 4.79 Å². The normalized spacial score (nSPS) is 11.5. The van der Waals surface area contributed by atoms with E-state index in [0.29, 0.717) is 13.2 Å². The minimum Gasteiger partial charge on any atom is -0.489 e. The largest absolute Gasteiger partial charge is 0.489 e. The fourth-order valence-corrected chi connectivity index (χ4v) is 3.69. The number of pyridine rings is 1. The lowest BCUT2D eigenvalue weighted by atomic mass is 10.2. The Bertz CT molecular complexity index is 1120. The molecule has 0 aliphatic rings. The van der Waals surface area contributed by atoms with Crippen LogP contribution in [0.3, 0.4) is 0 Å². The van der Waals surface area contributed by atoms with Crippen LogP contribution in [0.25, 0.3) is 12.2 Å². The number of unbranched alkanes of at least 4 members (excludes halogenated alkanes) is 3. The van der Waals surface area contributed by atoms with E-state index in [-0.39, 0.29) is 5.91 Å². The summed E-state index contributed by atoms with van der Waals surface area (Å²) in [5, 5.41) is 2.94. The summed E-state index contributed by atoms with van der Waals surface area (Å²) in [6, 6.07) is 16.0. The average Bonchev–Trinajstić information content (AvgIpc) is 3.24. The van der Waals surface area contributed by atoms with Gasteiger partial charge in [-0.3, -0.25) is 9.78 Å². The highest BCUT2D eigenvalue weighted by molar-refractivity contribution is 5.91. The number of aromatic nitrogens is 2. The third-order valence-corrected chi connectivity index (χ3v) is 5.77. The SMILES string of the molecule is C=C/C(=C\c1ccn(CCCCCCNC(=O)/C=C/c2cccnc2)c1C)OCc1ccccc1. The smallest absolute Gasteiger partial charge is 0.243 e. The van der Waals surface area contributed by atoms with Gasteiger partial charge >= 0.3 is 0 Å². The average molecular weight is 470 g/mol. The molecular formula is C30H35N3O2. The monoisotopic (exact) mass is 469 g/mol. The molecule has 0 aliphatic carbocycles. The number of amides is 1. The first-order valence-electron chi connectivity index (χ1n) is 12.2. The van der Waals surface area contributed by atoms with Crippen LogP contribution in [0.2, 0.25) is 0 Å². The molecule has 2 heterocycles. The molecule has 0 saturated heterocycles. The molecule has 0 fully saturated rings. The number of hydrogen-bond donors (Lipinski definition) is 1. The van der Waals surface area contributed by atoms with Gasteiger partial charge in [0.15, 0.2) is 0 Å². The minimum atomic E-state index is -0.0657. The van der Waals surface area contributed by atoms with Gasteiger partial charge in [0.2, 0.25) is 5.91 Å². The van der Waals surface area contributed by atoms with E-state index in [1.165, 1.54) is 5.69 Å². The van der Waals surface area contributed by atoms with Crippen molar-refractivity contribution in [1.29, 1.82) is 0 Å². The Hall–Kier alpha value is -3.86. The van der Waals surface area contributed by atoms with Gasteiger partial charge in [-0.15, -0.1) is 0 Å². The second-order valence-corrected chi connectivity index (χ2v) is 8.40. The number of nitrogens with one attached hydrogen (secondary N) is 1. The standard InChI is InChI=1S/C30H35N3O2/c1-3-29(35-24-27-12-7-6-8-13-27)22-28-17-21-33(25(28)2)20-10-5-4-9-19-32-30(34)16-15-26-14-11-18-31-23-26/h3,6-8,11-18,21-23H,1,4-5,9-10,19-20,24H2,2H3,(H,32,34)/b16-15+,29-22+. The molecule has 0 bridgehead atoms. The molecule has 1 aromatic carbocycles. The summed E-state index contributed by atoms with van der Waals surface area (Å²) < 4.78 is 8.22. The van der Waals surface area contributed by atoms with Gasteiger partial charge in [-0.1, -0.05) is 55.8 Å². The predicted octanol–water partition coefficient (Wildman–Crippen LogP) is 6.33. The first-order valence-corrected chi connectivity index (χ1v) is 12.2. The lowest BCUT2D eigenvalue weighted by molar-refractivity contribution is -0.116. The maximum absolute atomic E-state index is 11.9. The van der Waals surface area contributed by atoms with Gasteiger partial charge < -0.3 is 14.6 Å². The number of benzene rings is 1. The number of hydrogen-bond acceptors (Lipinski definition) is 3. The molecule has 5 nitrogen and oxygen atoms in total. The molecule has 35 heavy (non-hydrogen) atoms. The summed E-state index contributed by atoms with van der Waals surface area (Å²) in [7, 11) is 0. The summed E-state index contributed by atoms with van der Waals surface area (Å²) in [6.07, 6.45) is 17.0. The molecular weight excluding hydrogens is 434 g/mol. The van der Waals surface area contributed by atoms with Crippen LogP contribution < -0.4 is 5.32 Å². The number of rotatable bonds is 14. The Kier molecular flexibility index (Phi) is 10.6. The zero-order valence-electron chi connectivity index (χ0n) is 20.5. The summed E-state index contributed by atoms with van der Waals surface area (Å²) >= 11 is 0. The minimum absolute atomic E-state index is 0.0657. The molecule has 2 aromatic heterocycles. The van der Waals surface area contributed by atoms with E-state index < -0.39 is 0 Å². The van der Waals surface area contributed by atoms with E-state index >= 15 is 0 Å². The molecule has 0 aliphatic heterocycles. The highest BCUT2D eigenvalue weighted by Gasteiger charge is 2.05. The van der Waals surface area contributed by atoms with Crippen molar-refractivity contribution in [2.45, 2.75) is 45.8 Å². The highest BCUT2D eigenvalue weighted by atomic mass is 16.5. The molecule has 1 amide bonds. The van der Waals surface area contributed by atoms with Crippen LogP contribution in [-0.2, 0) is 22.7 Å². The van der Waals surface area contributed by atoms with Crippen LogP contribution in [0.4, 0.5) is 0 Å². The molecule has 0 radical (unpaired) electrons. The molecule has 0 unspecified atom stereocenters. The highest BCUT2D eigenvalue weighted by Crippen LogP contribution is 2.17. The maximum Gasteiger partial charge on any atom is 0.243 e. The summed E-state index contributed by atoms with van der Waals surface area (Å²) in [6.45, 7) is 8.23. The Morgan fingerprint density at radius 1 is 1.09 bits per heavy atom. The van der Waals surface area contributed by atoms with E-state index in [2.05, 4.69) is 52.8 Å². The molecule has 3 rings (SSSR count). The van der Waals surface area contributed by atoms with Crippen LogP contribution in [0.15, 0.2) is 91.6 Å². The fourth-order valence-electron chi connectivity index (χ4n) is 3.69. The third-order valence-electron chi connectivity index (χ3n) is 5.77. The first-order chi connectivity index (χ1) is 17.2. The molecule has 0 spiro atoms. The van der Waals surface area contributed by atoms with Gasteiger partial charge in [-0.2, -0.15) is 0 Å². The van der Waals surface area contributed by atoms with E-state index in [1.54, 1.807) is 30.6 Å². The lowest BCUT2D eigenvalue weighted by Crippen LogP contribution is -2.21. The second kappa shape index (κ2) is 14.4. The number of allylic oxidation sites excluding steroid dienone is 1. The van der Waals surface area contributed by atoms with Gasteiger partial charge in [-0.05, 0) is 66.8 Å². The second-order valence-electron chi connectivity index (χ2n) is 8.40. The third kappa shape index (κ3) is 9.13. The Morgan fingerprint density at radius 2 is 1.91 bits per heavy atom. The first kappa shape index (κ1) is 25.8. The lowest BCUT2D eigenvalue weighted by Gasteiger charge is -2.09. The Labute approximate surface area is 208 Å². The van der Waals surface area contributed by atoms with Crippen LogP contribution >= 0.6 is 0 Å². The maximum atomic E-state index is 11.9. The van der Waals surface area contributed by atoms with E-state index in [4.69, 9.17) is 4.74 Å². The van der Waals surface area contributed by atoms with Gasteiger partial charge in [0.05, 0.1) is 0 Å². The van der Waals surface area contributed by atoms with Crippen LogP contribution in [-0.4, -0.2) is 22.0 Å². The topological polar surface area (TPSA) is 56.2 Å². The zero-order chi connectivity index (χ0) is 24.7. The van der Waals surface area contributed by atoms with Crippen molar-refractivity contribution in [3.63, 3.8) is 0 Å². The fraction of sp³-hybridized carbons (Fsp3) is 0.267. The predicted molar refractivity (Wildman–Crippen MR) is 143 cm³/mol. The molecule has 1 N–H and O–H groups in total. The molecule has 0 atom stereocenters. The van der Waals surface area contributed by atoms with Gasteiger partial charge in [0.25, 0.3) is 0 Å². The molecule has 3 aromatic rings. The molecule has 0 saturated carbocycles. The number of nitrogens with zero attached hydrogens (tertiary/aromatic N) is 2. The summed E-state index contributed by atoms with van der Waals surface area (Å²) in [5.74, 6) is 0.705. The van der Waals surface area contributed by atoms with Crippen LogP contribution in [0, 0.1) is 6.92 Å². The van der Waals surface area contributed by atoms with Gasteiger partial charge in [0.1, 0.15) is 12.4 Å². The van der Waals surface area contributed by atoms with Crippen molar-refractivity contribution >= 4 is 18.1 Å². The number of aryl methyl sites for hydroxylation is 1. The number of carbonyl (C=O) groups excluding carboxylic acids is 1. The van der Waals surface area contributed by atoms with Crippen molar-refractivity contribution in [1.82, 2.24) is 14.9 Å². The number of ether oxygens (including phenoxy) is 1.